The summed E-state index contributed by atoms with van der Waals surface area (Å²) < 4.78 is 5.63. The molecule has 2 aromatic rings. The fraction of sp³-hybridized carbons (Fsp3) is 0.571. The van der Waals surface area contributed by atoms with Gasteiger partial charge in [-0.3, -0.25) is 20.4 Å². The Bertz CT molecular complexity index is 819. The number of carbonyl (C=O) groups is 2. The van der Waals surface area contributed by atoms with E-state index in [4.69, 9.17) is 4.42 Å². The Morgan fingerprint density at radius 1 is 1.04 bits per heavy atom. The zero-order valence-electron chi connectivity index (χ0n) is 15.4. The average Bonchev–Trinajstić information content (AvgIpc) is 3.06. The van der Waals surface area contributed by atoms with E-state index in [-0.39, 0.29) is 23.7 Å². The van der Waals surface area contributed by atoms with Gasteiger partial charge in [0.15, 0.2) is 11.5 Å². The molecule has 1 heterocycles. The van der Waals surface area contributed by atoms with Crippen LogP contribution in [-0.4, -0.2) is 16.8 Å². The molecule has 0 radical (unpaired) electrons. The number of fused-ring (bicyclic) bond motifs is 1. The lowest BCUT2D eigenvalue weighted by molar-refractivity contribution is -0.148. The number of hydrogen-bond donors (Lipinski definition) is 2. The summed E-state index contributed by atoms with van der Waals surface area (Å²) in [6, 6.07) is 7.54. The molecule has 0 saturated heterocycles. The number of amides is 2. The second kappa shape index (κ2) is 6.36. The number of nitrogens with one attached hydrogen (secondary N) is 2. The van der Waals surface area contributed by atoms with Gasteiger partial charge in [-0.05, 0) is 68.4 Å². The second-order valence-corrected chi connectivity index (χ2v) is 8.78. The molecule has 4 bridgehead atoms. The van der Waals surface area contributed by atoms with Gasteiger partial charge in [-0.15, -0.1) is 0 Å². The van der Waals surface area contributed by atoms with E-state index in [1.165, 1.54) is 19.3 Å². The first-order valence-corrected chi connectivity index (χ1v) is 10.0. The number of aromatic nitrogens is 1. The summed E-state index contributed by atoms with van der Waals surface area (Å²) in [6.45, 7) is 0. The molecule has 142 valence electrons. The van der Waals surface area contributed by atoms with E-state index in [1.54, 1.807) is 0 Å². The van der Waals surface area contributed by atoms with Crippen LogP contribution in [0.25, 0.3) is 11.1 Å². The van der Waals surface area contributed by atoms with Gasteiger partial charge < -0.3 is 4.42 Å². The third kappa shape index (κ3) is 3.11. The maximum atomic E-state index is 12.8. The van der Waals surface area contributed by atoms with Crippen molar-refractivity contribution in [3.05, 3.63) is 30.2 Å². The zero-order valence-corrected chi connectivity index (χ0v) is 15.4. The Balaban J connectivity index is 1.14. The van der Waals surface area contributed by atoms with Gasteiger partial charge in [-0.2, -0.15) is 0 Å². The molecule has 1 aromatic carbocycles. The lowest BCUT2D eigenvalue weighted by Crippen LogP contribution is -2.56. The number of oxazole rings is 1. The number of hydrazine groups is 1. The van der Waals surface area contributed by atoms with Crippen molar-refractivity contribution in [1.29, 1.82) is 0 Å². The van der Waals surface area contributed by atoms with Gasteiger partial charge in [0.05, 0.1) is 5.41 Å². The first-order chi connectivity index (χ1) is 13.1. The highest BCUT2D eigenvalue weighted by molar-refractivity contribution is 5.86. The molecule has 0 spiro atoms. The van der Waals surface area contributed by atoms with Crippen LogP contribution in [-0.2, 0) is 16.0 Å². The van der Waals surface area contributed by atoms with E-state index < -0.39 is 0 Å². The maximum absolute atomic E-state index is 12.8. The van der Waals surface area contributed by atoms with Gasteiger partial charge in [0.25, 0.3) is 0 Å². The lowest BCUT2D eigenvalue weighted by Gasteiger charge is -2.55. The van der Waals surface area contributed by atoms with Crippen LogP contribution in [0.5, 0.6) is 0 Å². The van der Waals surface area contributed by atoms with Crippen molar-refractivity contribution in [2.24, 2.45) is 23.2 Å². The van der Waals surface area contributed by atoms with Crippen molar-refractivity contribution in [2.45, 2.75) is 51.4 Å². The average molecular weight is 367 g/mol. The van der Waals surface area contributed by atoms with Gasteiger partial charge >= 0.3 is 0 Å². The molecule has 6 nitrogen and oxygen atoms in total. The fourth-order valence-corrected chi connectivity index (χ4v) is 5.96. The van der Waals surface area contributed by atoms with Crippen LogP contribution in [0, 0.1) is 23.2 Å². The quantitative estimate of drug-likeness (QED) is 0.813. The molecular formula is C21H25N3O3. The topological polar surface area (TPSA) is 84.2 Å². The van der Waals surface area contributed by atoms with Crippen LogP contribution in [0.4, 0.5) is 0 Å². The predicted octanol–water partition coefficient (Wildman–Crippen LogP) is 3.12. The molecule has 0 atom stereocenters. The van der Waals surface area contributed by atoms with Crippen LogP contribution in [0.1, 0.15) is 50.8 Å². The molecule has 4 aliphatic carbocycles. The molecule has 0 unspecified atom stereocenters. The lowest BCUT2D eigenvalue weighted by atomic mass is 9.49. The van der Waals surface area contributed by atoms with Crippen molar-refractivity contribution >= 4 is 22.9 Å². The molecule has 4 saturated carbocycles. The standard InChI is InChI=1S/C21H25N3O3/c25-18(5-6-19-22-16-3-1-2-4-17(16)27-19)23-24-20(26)21-10-13-7-14(11-21)9-15(8-13)12-21/h1-4,13-15H,5-12H2,(H,23,25)(H,24,26). The number of benzene rings is 1. The number of aryl methyl sites for hydroxylation is 1. The maximum Gasteiger partial charge on any atom is 0.244 e. The summed E-state index contributed by atoms with van der Waals surface area (Å²) in [5.41, 5.74) is 6.59. The molecule has 4 fully saturated rings. The van der Waals surface area contributed by atoms with Gasteiger partial charge in [0.1, 0.15) is 5.52 Å². The summed E-state index contributed by atoms with van der Waals surface area (Å²) >= 11 is 0. The van der Waals surface area contributed by atoms with Crippen molar-refractivity contribution in [3.8, 4) is 0 Å². The number of hydrogen-bond acceptors (Lipinski definition) is 4. The van der Waals surface area contributed by atoms with Crippen LogP contribution < -0.4 is 10.9 Å². The van der Waals surface area contributed by atoms with E-state index in [2.05, 4.69) is 15.8 Å². The van der Waals surface area contributed by atoms with Gasteiger partial charge in [0, 0.05) is 12.8 Å². The van der Waals surface area contributed by atoms with Crippen molar-refractivity contribution in [3.63, 3.8) is 0 Å². The number of carbonyl (C=O) groups excluding carboxylic acids is 2. The third-order valence-electron chi connectivity index (χ3n) is 6.74. The molecule has 6 heteroatoms. The van der Waals surface area contributed by atoms with Crippen molar-refractivity contribution in [1.82, 2.24) is 15.8 Å². The molecule has 2 amide bonds. The van der Waals surface area contributed by atoms with E-state index in [0.717, 1.165) is 30.4 Å². The first-order valence-electron chi connectivity index (χ1n) is 10.0. The molecule has 0 aliphatic heterocycles. The van der Waals surface area contributed by atoms with Crippen molar-refractivity contribution in [2.75, 3.05) is 0 Å². The highest BCUT2D eigenvalue weighted by atomic mass is 16.3. The zero-order chi connectivity index (χ0) is 18.4. The predicted molar refractivity (Wildman–Crippen MR) is 99.2 cm³/mol. The second-order valence-electron chi connectivity index (χ2n) is 8.78. The SMILES string of the molecule is O=C(CCc1nc2ccccc2o1)NNC(=O)C12CC3CC(CC(C3)C1)C2. The Morgan fingerprint density at radius 3 is 2.37 bits per heavy atom. The van der Waals surface area contributed by atoms with Gasteiger partial charge in [-0.1, -0.05) is 12.1 Å². The minimum Gasteiger partial charge on any atom is -0.441 e. The van der Waals surface area contributed by atoms with Crippen molar-refractivity contribution < 1.29 is 14.0 Å². The minimum absolute atomic E-state index is 0.0109. The summed E-state index contributed by atoms with van der Waals surface area (Å²) in [7, 11) is 0. The monoisotopic (exact) mass is 367 g/mol. The molecule has 1 aromatic heterocycles. The molecule has 6 rings (SSSR count). The van der Waals surface area contributed by atoms with Crippen LogP contribution >= 0.6 is 0 Å². The normalized spacial score (nSPS) is 31.2. The van der Waals surface area contributed by atoms with E-state index in [9.17, 15) is 9.59 Å². The number of para-hydroxylation sites is 2. The van der Waals surface area contributed by atoms with Crippen LogP contribution in [0.2, 0.25) is 0 Å². The summed E-state index contributed by atoms with van der Waals surface area (Å²) in [5, 5.41) is 0. The van der Waals surface area contributed by atoms with Gasteiger partial charge in [0.2, 0.25) is 11.8 Å². The summed E-state index contributed by atoms with van der Waals surface area (Å²) in [5.74, 6) is 2.46. The Hall–Kier alpha value is -2.37. The largest absolute Gasteiger partial charge is 0.441 e. The minimum atomic E-state index is -0.248. The molecule has 4 aliphatic rings. The van der Waals surface area contributed by atoms with E-state index in [0.29, 0.717) is 30.1 Å². The Labute approximate surface area is 158 Å². The molecule has 27 heavy (non-hydrogen) atoms. The van der Waals surface area contributed by atoms with E-state index >= 15 is 0 Å². The highest BCUT2D eigenvalue weighted by Gasteiger charge is 2.54. The van der Waals surface area contributed by atoms with Gasteiger partial charge in [-0.25, -0.2) is 4.98 Å². The third-order valence-corrected chi connectivity index (χ3v) is 6.74. The number of nitrogens with zero attached hydrogens (tertiary/aromatic N) is 1. The van der Waals surface area contributed by atoms with Crippen LogP contribution in [0.15, 0.2) is 28.7 Å². The smallest absolute Gasteiger partial charge is 0.244 e. The molecule has 2 N–H and O–H groups in total. The Morgan fingerprint density at radius 2 is 1.70 bits per heavy atom. The highest BCUT2D eigenvalue weighted by Crippen LogP contribution is 2.60. The van der Waals surface area contributed by atoms with Crippen LogP contribution in [0.3, 0.4) is 0 Å². The number of rotatable bonds is 4. The molecular weight excluding hydrogens is 342 g/mol. The summed E-state index contributed by atoms with van der Waals surface area (Å²) in [6.07, 6.45) is 7.49. The van der Waals surface area contributed by atoms with E-state index in [1.807, 2.05) is 24.3 Å². The fourth-order valence-electron chi connectivity index (χ4n) is 5.96. The first kappa shape index (κ1) is 16.8. The Kier molecular flexibility index (Phi) is 3.95. The summed E-state index contributed by atoms with van der Waals surface area (Å²) in [4.78, 5) is 29.4.